The molecule has 0 unspecified atom stereocenters. The highest BCUT2D eigenvalue weighted by Gasteiger charge is 2.44. The van der Waals surface area contributed by atoms with Gasteiger partial charge in [0.05, 0.1) is 23.3 Å². The third-order valence-corrected chi connectivity index (χ3v) is 5.71. The SMILES string of the molecule is OCc1ccc(Cc2ccc(Cl)c(Cl)c2)cc1[C@@H]1O[C@H](CO)[C@@H](O)[C@H](O)[C@H]1O. The normalized spacial score (nSPS) is 27.8. The summed E-state index contributed by atoms with van der Waals surface area (Å²) in [5.41, 5.74) is 2.78. The molecular weight excluding hydrogens is 407 g/mol. The Morgan fingerprint density at radius 3 is 2.14 bits per heavy atom. The van der Waals surface area contributed by atoms with Gasteiger partial charge in [-0.05, 0) is 40.8 Å². The molecule has 6 nitrogen and oxygen atoms in total. The molecule has 0 aliphatic carbocycles. The average molecular weight is 429 g/mol. The fraction of sp³-hybridized carbons (Fsp3) is 0.400. The van der Waals surface area contributed by atoms with Gasteiger partial charge in [0, 0.05) is 0 Å². The summed E-state index contributed by atoms with van der Waals surface area (Å²) in [4.78, 5) is 0. The molecule has 0 bridgehead atoms. The lowest BCUT2D eigenvalue weighted by atomic mass is 9.88. The first-order chi connectivity index (χ1) is 13.3. The number of benzene rings is 2. The van der Waals surface area contributed by atoms with E-state index in [0.29, 0.717) is 27.6 Å². The summed E-state index contributed by atoms with van der Waals surface area (Å²) in [6.07, 6.45) is -5.84. The molecule has 5 atom stereocenters. The monoisotopic (exact) mass is 428 g/mol. The van der Waals surface area contributed by atoms with Crippen molar-refractivity contribution < 1.29 is 30.3 Å². The third-order valence-electron chi connectivity index (χ3n) is 4.97. The van der Waals surface area contributed by atoms with E-state index in [4.69, 9.17) is 27.9 Å². The summed E-state index contributed by atoms with van der Waals surface area (Å²) in [5.74, 6) is 0. The van der Waals surface area contributed by atoms with Gasteiger partial charge in [-0.1, -0.05) is 47.5 Å². The Balaban J connectivity index is 1.93. The van der Waals surface area contributed by atoms with Crippen molar-refractivity contribution in [3.63, 3.8) is 0 Å². The summed E-state index contributed by atoms with van der Waals surface area (Å²) < 4.78 is 5.64. The minimum Gasteiger partial charge on any atom is -0.394 e. The van der Waals surface area contributed by atoms with Crippen LogP contribution in [-0.4, -0.2) is 56.6 Å². The molecule has 1 aliphatic rings. The predicted molar refractivity (Wildman–Crippen MR) is 104 cm³/mol. The van der Waals surface area contributed by atoms with Crippen molar-refractivity contribution in [3.05, 3.63) is 68.7 Å². The van der Waals surface area contributed by atoms with Crippen molar-refractivity contribution in [2.24, 2.45) is 0 Å². The molecule has 0 aromatic heterocycles. The Labute approximate surface area is 172 Å². The molecule has 8 heteroatoms. The van der Waals surface area contributed by atoms with E-state index < -0.39 is 37.1 Å². The van der Waals surface area contributed by atoms with Crippen LogP contribution in [0.25, 0.3) is 0 Å². The van der Waals surface area contributed by atoms with Crippen molar-refractivity contribution in [2.45, 2.75) is 43.5 Å². The minimum absolute atomic E-state index is 0.294. The van der Waals surface area contributed by atoms with Gasteiger partial charge < -0.3 is 30.3 Å². The molecule has 152 valence electrons. The van der Waals surface area contributed by atoms with E-state index in [1.807, 2.05) is 12.1 Å². The lowest BCUT2D eigenvalue weighted by Gasteiger charge is -2.40. The second-order valence-corrected chi connectivity index (χ2v) is 7.68. The van der Waals surface area contributed by atoms with Crippen molar-refractivity contribution in [1.29, 1.82) is 0 Å². The highest BCUT2D eigenvalue weighted by Crippen LogP contribution is 2.35. The van der Waals surface area contributed by atoms with E-state index in [1.54, 1.807) is 24.3 Å². The standard InChI is InChI=1S/C20H22Cl2O6/c21-14-4-2-11(7-15(14)22)5-10-1-3-12(8-23)13(6-10)20-19(27)18(26)17(25)16(9-24)28-20/h1-4,6-7,16-20,23-27H,5,8-9H2/t16-,17-,18+,19-,20+/m1/s1. The summed E-state index contributed by atoms with van der Waals surface area (Å²) in [6.45, 7) is -0.809. The van der Waals surface area contributed by atoms with E-state index in [0.717, 1.165) is 11.1 Å². The molecule has 3 rings (SSSR count). The van der Waals surface area contributed by atoms with Crippen LogP contribution in [0.2, 0.25) is 10.0 Å². The van der Waals surface area contributed by atoms with Gasteiger partial charge in [0.25, 0.3) is 0 Å². The summed E-state index contributed by atoms with van der Waals surface area (Å²) in [7, 11) is 0. The molecule has 1 heterocycles. The van der Waals surface area contributed by atoms with E-state index in [2.05, 4.69) is 0 Å². The molecule has 0 amide bonds. The van der Waals surface area contributed by atoms with Gasteiger partial charge in [-0.25, -0.2) is 0 Å². The molecule has 2 aromatic carbocycles. The Hall–Kier alpha value is -1.22. The fourth-order valence-corrected chi connectivity index (χ4v) is 3.73. The Bertz CT molecular complexity index is 828. The number of hydrogen-bond acceptors (Lipinski definition) is 6. The highest BCUT2D eigenvalue weighted by atomic mass is 35.5. The van der Waals surface area contributed by atoms with Gasteiger partial charge in [-0.3, -0.25) is 0 Å². The van der Waals surface area contributed by atoms with Crippen LogP contribution in [0.4, 0.5) is 0 Å². The maximum Gasteiger partial charge on any atom is 0.113 e. The molecule has 2 aromatic rings. The van der Waals surface area contributed by atoms with Crippen LogP contribution < -0.4 is 0 Å². The molecule has 1 saturated heterocycles. The van der Waals surface area contributed by atoms with Crippen molar-refractivity contribution in [3.8, 4) is 0 Å². The number of aliphatic hydroxyl groups excluding tert-OH is 5. The van der Waals surface area contributed by atoms with Crippen molar-refractivity contribution in [2.75, 3.05) is 6.61 Å². The van der Waals surface area contributed by atoms with E-state index in [-0.39, 0.29) is 6.61 Å². The lowest BCUT2D eigenvalue weighted by Crippen LogP contribution is -2.55. The van der Waals surface area contributed by atoms with Crippen LogP contribution >= 0.6 is 23.2 Å². The topological polar surface area (TPSA) is 110 Å². The maximum absolute atomic E-state index is 10.4. The summed E-state index contributed by atoms with van der Waals surface area (Å²) >= 11 is 12.0. The lowest BCUT2D eigenvalue weighted by molar-refractivity contribution is -0.232. The zero-order valence-electron chi connectivity index (χ0n) is 14.9. The zero-order valence-corrected chi connectivity index (χ0v) is 16.4. The first-order valence-corrected chi connectivity index (χ1v) is 9.58. The quantitative estimate of drug-likeness (QED) is 0.494. The average Bonchev–Trinajstić information content (AvgIpc) is 2.69. The molecule has 1 aliphatic heterocycles. The first-order valence-electron chi connectivity index (χ1n) is 8.82. The summed E-state index contributed by atoms with van der Waals surface area (Å²) in [6, 6.07) is 10.6. The van der Waals surface area contributed by atoms with Crippen LogP contribution in [0.3, 0.4) is 0 Å². The van der Waals surface area contributed by atoms with Gasteiger partial charge in [0.2, 0.25) is 0 Å². The molecule has 28 heavy (non-hydrogen) atoms. The third kappa shape index (κ3) is 4.35. The Kier molecular flexibility index (Phi) is 6.96. The van der Waals surface area contributed by atoms with Crippen LogP contribution in [0.15, 0.2) is 36.4 Å². The molecule has 0 saturated carbocycles. The molecule has 0 radical (unpaired) electrons. The second kappa shape index (κ2) is 9.07. The van der Waals surface area contributed by atoms with Gasteiger partial charge in [-0.15, -0.1) is 0 Å². The van der Waals surface area contributed by atoms with Gasteiger partial charge >= 0.3 is 0 Å². The zero-order chi connectivity index (χ0) is 20.4. The largest absolute Gasteiger partial charge is 0.394 e. The maximum atomic E-state index is 10.4. The van der Waals surface area contributed by atoms with Gasteiger partial charge in [-0.2, -0.15) is 0 Å². The number of hydrogen-bond donors (Lipinski definition) is 5. The van der Waals surface area contributed by atoms with E-state index in [1.165, 1.54) is 0 Å². The highest BCUT2D eigenvalue weighted by molar-refractivity contribution is 6.42. The Morgan fingerprint density at radius 1 is 0.821 bits per heavy atom. The Morgan fingerprint density at radius 2 is 1.50 bits per heavy atom. The van der Waals surface area contributed by atoms with Gasteiger partial charge in [0.1, 0.15) is 30.5 Å². The van der Waals surface area contributed by atoms with Crippen LogP contribution in [-0.2, 0) is 17.8 Å². The molecule has 5 N–H and O–H groups in total. The number of aliphatic hydroxyl groups is 5. The molecular formula is C20H22Cl2O6. The first kappa shape index (κ1) is 21.5. The van der Waals surface area contributed by atoms with Crippen LogP contribution in [0, 0.1) is 0 Å². The molecule has 0 spiro atoms. The predicted octanol–water partition coefficient (Wildman–Crippen LogP) is 1.59. The van der Waals surface area contributed by atoms with E-state index in [9.17, 15) is 25.5 Å². The fourth-order valence-electron chi connectivity index (χ4n) is 3.41. The second-order valence-electron chi connectivity index (χ2n) is 6.87. The number of halogens is 2. The van der Waals surface area contributed by atoms with E-state index >= 15 is 0 Å². The van der Waals surface area contributed by atoms with Gasteiger partial charge in [0.15, 0.2) is 0 Å². The van der Waals surface area contributed by atoms with Crippen molar-refractivity contribution in [1.82, 2.24) is 0 Å². The van der Waals surface area contributed by atoms with Crippen LogP contribution in [0.5, 0.6) is 0 Å². The minimum atomic E-state index is -1.49. The number of ether oxygens (including phenoxy) is 1. The van der Waals surface area contributed by atoms with Crippen molar-refractivity contribution >= 4 is 23.2 Å². The summed E-state index contributed by atoms with van der Waals surface area (Å²) in [5, 5.41) is 50.5. The number of rotatable bonds is 5. The molecule has 1 fully saturated rings. The smallest absolute Gasteiger partial charge is 0.113 e. The van der Waals surface area contributed by atoms with Crippen LogP contribution in [0.1, 0.15) is 28.4 Å².